The largest absolute Gasteiger partial charge is 0.480 e. The molecule has 0 saturated carbocycles. The fourth-order valence-corrected chi connectivity index (χ4v) is 2.42. The summed E-state index contributed by atoms with van der Waals surface area (Å²) in [5, 5.41) is 11.5. The molecular formula is C12H15Cl2N5O3. The first-order valence-electron chi connectivity index (χ1n) is 6.58. The highest BCUT2D eigenvalue weighted by Crippen LogP contribution is 2.19. The lowest BCUT2D eigenvalue weighted by atomic mass is 10.3. The topological polar surface area (TPSA) is 98.7 Å². The number of hydrogen-bond donors (Lipinski definition) is 2. The number of aliphatic carboxylic acids is 1. The molecule has 2 N–H and O–H groups in total. The number of anilines is 2. The van der Waals surface area contributed by atoms with E-state index in [4.69, 9.17) is 28.3 Å². The van der Waals surface area contributed by atoms with Crippen LogP contribution in [0.4, 0.5) is 11.8 Å². The third-order valence-electron chi connectivity index (χ3n) is 3.15. The van der Waals surface area contributed by atoms with Crippen molar-refractivity contribution < 1.29 is 14.7 Å². The SMILES string of the molecule is O=C(O)CNc1nc(Cl)cc(N2CCN(C(=O)CCl)CC2)n1. The molecule has 0 spiro atoms. The van der Waals surface area contributed by atoms with Crippen molar-refractivity contribution in [2.24, 2.45) is 0 Å². The zero-order valence-electron chi connectivity index (χ0n) is 11.6. The molecule has 2 rings (SSSR count). The second-order valence-electron chi connectivity index (χ2n) is 4.62. The van der Waals surface area contributed by atoms with Gasteiger partial charge in [0.2, 0.25) is 11.9 Å². The predicted octanol–water partition coefficient (Wildman–Crippen LogP) is 0.514. The molecule has 0 atom stereocenters. The summed E-state index contributed by atoms with van der Waals surface area (Å²) in [6, 6.07) is 1.60. The van der Waals surface area contributed by atoms with Crippen LogP contribution in [0.15, 0.2) is 6.07 Å². The normalized spacial score (nSPS) is 14.8. The Hall–Kier alpha value is -1.80. The number of hydrogen-bond acceptors (Lipinski definition) is 6. The second kappa shape index (κ2) is 7.46. The quantitative estimate of drug-likeness (QED) is 0.591. The monoisotopic (exact) mass is 347 g/mol. The molecule has 0 unspecified atom stereocenters. The van der Waals surface area contributed by atoms with Crippen molar-refractivity contribution in [2.75, 3.05) is 48.8 Å². The molecule has 1 aliphatic rings. The number of amides is 1. The lowest BCUT2D eigenvalue weighted by Gasteiger charge is -2.35. The molecule has 0 aromatic carbocycles. The summed E-state index contributed by atoms with van der Waals surface area (Å²) >= 11 is 11.5. The predicted molar refractivity (Wildman–Crippen MR) is 82.7 cm³/mol. The molecule has 1 aromatic heterocycles. The fourth-order valence-electron chi connectivity index (χ4n) is 2.07. The van der Waals surface area contributed by atoms with E-state index >= 15 is 0 Å². The van der Waals surface area contributed by atoms with Crippen LogP contribution < -0.4 is 10.2 Å². The van der Waals surface area contributed by atoms with Gasteiger partial charge in [0.05, 0.1) is 0 Å². The molecule has 1 amide bonds. The second-order valence-corrected chi connectivity index (χ2v) is 5.28. The average molecular weight is 348 g/mol. The van der Waals surface area contributed by atoms with Crippen molar-refractivity contribution in [1.29, 1.82) is 0 Å². The number of carboxylic acids is 1. The molecule has 1 aliphatic heterocycles. The van der Waals surface area contributed by atoms with Crippen molar-refractivity contribution >= 4 is 46.8 Å². The first kappa shape index (κ1) is 16.6. The molecule has 120 valence electrons. The minimum Gasteiger partial charge on any atom is -0.480 e. The average Bonchev–Trinajstić information content (AvgIpc) is 2.52. The lowest BCUT2D eigenvalue weighted by molar-refractivity contribution is -0.135. The van der Waals surface area contributed by atoms with Gasteiger partial charge in [-0.2, -0.15) is 4.98 Å². The van der Waals surface area contributed by atoms with E-state index in [-0.39, 0.29) is 29.4 Å². The van der Waals surface area contributed by atoms with Crippen LogP contribution >= 0.6 is 23.2 Å². The van der Waals surface area contributed by atoms with Crippen molar-refractivity contribution in [3.8, 4) is 0 Å². The fraction of sp³-hybridized carbons (Fsp3) is 0.500. The number of piperazine rings is 1. The van der Waals surface area contributed by atoms with Crippen molar-refractivity contribution in [3.05, 3.63) is 11.2 Å². The van der Waals surface area contributed by atoms with Crippen LogP contribution in [0.2, 0.25) is 5.15 Å². The number of halogens is 2. The van der Waals surface area contributed by atoms with Crippen LogP contribution in [0.1, 0.15) is 0 Å². The third-order valence-corrected chi connectivity index (χ3v) is 3.57. The van der Waals surface area contributed by atoms with E-state index in [9.17, 15) is 9.59 Å². The molecule has 8 nitrogen and oxygen atoms in total. The molecular weight excluding hydrogens is 333 g/mol. The van der Waals surface area contributed by atoms with Gasteiger partial charge in [-0.25, -0.2) is 4.98 Å². The molecule has 1 aromatic rings. The molecule has 0 bridgehead atoms. The van der Waals surface area contributed by atoms with E-state index in [0.717, 1.165) is 0 Å². The molecule has 0 aliphatic carbocycles. The Kier molecular flexibility index (Phi) is 5.62. The summed E-state index contributed by atoms with van der Waals surface area (Å²) in [5.41, 5.74) is 0. The minimum atomic E-state index is -1.02. The van der Waals surface area contributed by atoms with Crippen LogP contribution in [-0.2, 0) is 9.59 Å². The number of carboxylic acid groups (broad SMARTS) is 1. The van der Waals surface area contributed by atoms with E-state index in [1.54, 1.807) is 11.0 Å². The van der Waals surface area contributed by atoms with Gasteiger partial charge in [-0.3, -0.25) is 9.59 Å². The van der Waals surface area contributed by atoms with Gasteiger partial charge in [0, 0.05) is 32.2 Å². The Bertz CT molecular complexity index is 564. The molecule has 10 heteroatoms. The molecule has 1 fully saturated rings. The van der Waals surface area contributed by atoms with Gasteiger partial charge in [-0.15, -0.1) is 11.6 Å². The summed E-state index contributed by atoms with van der Waals surface area (Å²) in [4.78, 5) is 33.9. The number of carbonyl (C=O) groups excluding carboxylic acids is 1. The smallest absolute Gasteiger partial charge is 0.322 e. The van der Waals surface area contributed by atoms with Crippen molar-refractivity contribution in [2.45, 2.75) is 0 Å². The summed E-state index contributed by atoms with van der Waals surface area (Å²) in [6.45, 7) is 1.98. The van der Waals surface area contributed by atoms with Gasteiger partial charge in [0.15, 0.2) is 0 Å². The maximum absolute atomic E-state index is 11.5. The molecule has 1 saturated heterocycles. The van der Waals surface area contributed by atoms with Crippen LogP contribution in [0.5, 0.6) is 0 Å². The first-order valence-corrected chi connectivity index (χ1v) is 7.50. The highest BCUT2D eigenvalue weighted by atomic mass is 35.5. The van der Waals surface area contributed by atoms with Gasteiger partial charge in [0.25, 0.3) is 0 Å². The maximum atomic E-state index is 11.5. The van der Waals surface area contributed by atoms with Crippen LogP contribution in [0.3, 0.4) is 0 Å². The highest BCUT2D eigenvalue weighted by Gasteiger charge is 2.22. The zero-order chi connectivity index (χ0) is 16.1. The van der Waals surface area contributed by atoms with E-state index in [1.165, 1.54) is 0 Å². The van der Waals surface area contributed by atoms with Crippen molar-refractivity contribution in [3.63, 3.8) is 0 Å². The number of nitrogens with zero attached hydrogens (tertiary/aromatic N) is 4. The highest BCUT2D eigenvalue weighted by molar-refractivity contribution is 6.29. The Labute approximate surface area is 137 Å². The third kappa shape index (κ3) is 4.35. The lowest BCUT2D eigenvalue weighted by Crippen LogP contribution is -2.49. The minimum absolute atomic E-state index is 0.0252. The molecule has 0 radical (unpaired) electrons. The van der Waals surface area contributed by atoms with E-state index in [0.29, 0.717) is 32.0 Å². The van der Waals surface area contributed by atoms with Crippen LogP contribution in [-0.4, -0.2) is 70.5 Å². The maximum Gasteiger partial charge on any atom is 0.322 e. The number of nitrogens with one attached hydrogen (secondary N) is 1. The van der Waals surface area contributed by atoms with Gasteiger partial charge in [-0.05, 0) is 0 Å². The molecule has 22 heavy (non-hydrogen) atoms. The standard InChI is InChI=1S/C12H15Cl2N5O3/c13-6-10(20)19-3-1-18(2-4-19)9-5-8(14)16-12(17-9)15-7-11(21)22/h5H,1-4,6-7H2,(H,21,22)(H,15,16,17). The summed E-state index contributed by atoms with van der Waals surface area (Å²) in [5.74, 6) is -0.387. The Morgan fingerprint density at radius 2 is 1.95 bits per heavy atom. The number of rotatable bonds is 5. The zero-order valence-corrected chi connectivity index (χ0v) is 13.1. The number of aromatic nitrogens is 2. The Balaban J connectivity index is 2.03. The summed E-state index contributed by atoms with van der Waals surface area (Å²) in [6.07, 6.45) is 0. The van der Waals surface area contributed by atoms with Gasteiger partial charge < -0.3 is 20.2 Å². The Morgan fingerprint density at radius 3 is 2.55 bits per heavy atom. The van der Waals surface area contributed by atoms with E-state index in [2.05, 4.69) is 15.3 Å². The van der Waals surface area contributed by atoms with Crippen LogP contribution in [0, 0.1) is 0 Å². The van der Waals surface area contributed by atoms with Gasteiger partial charge in [0.1, 0.15) is 23.4 Å². The number of alkyl halides is 1. The van der Waals surface area contributed by atoms with E-state index < -0.39 is 5.97 Å². The van der Waals surface area contributed by atoms with Gasteiger partial charge in [-0.1, -0.05) is 11.6 Å². The van der Waals surface area contributed by atoms with Gasteiger partial charge >= 0.3 is 5.97 Å². The molecule has 2 heterocycles. The van der Waals surface area contributed by atoms with Crippen LogP contribution in [0.25, 0.3) is 0 Å². The van der Waals surface area contributed by atoms with Crippen molar-refractivity contribution in [1.82, 2.24) is 14.9 Å². The summed E-state index contributed by atoms with van der Waals surface area (Å²) < 4.78 is 0. The first-order chi connectivity index (χ1) is 10.5. The Morgan fingerprint density at radius 1 is 1.27 bits per heavy atom. The van der Waals surface area contributed by atoms with E-state index in [1.807, 2.05) is 4.90 Å². The summed E-state index contributed by atoms with van der Waals surface area (Å²) in [7, 11) is 0. The number of carbonyl (C=O) groups is 2.